The number of fused-ring (bicyclic) bond motifs is 1. The number of rotatable bonds is 7. The largest absolute Gasteiger partial charge is 0.493 e. The highest BCUT2D eigenvalue weighted by molar-refractivity contribution is 6.04. The number of benzene rings is 2. The molecule has 1 unspecified atom stereocenters. The van der Waals surface area contributed by atoms with E-state index in [1.807, 2.05) is 6.07 Å². The number of carbonyl (C=O) groups excluding carboxylic acids is 1. The predicted octanol–water partition coefficient (Wildman–Crippen LogP) is 3.46. The molecule has 3 rings (SSSR count). The van der Waals surface area contributed by atoms with Gasteiger partial charge in [-0.1, -0.05) is 6.07 Å². The zero-order chi connectivity index (χ0) is 20.4. The van der Waals surface area contributed by atoms with E-state index in [-0.39, 0.29) is 18.1 Å². The van der Waals surface area contributed by atoms with Crippen LogP contribution in [0, 0.1) is 0 Å². The van der Waals surface area contributed by atoms with E-state index in [1.54, 1.807) is 40.6 Å². The molecule has 150 valence electrons. The van der Waals surface area contributed by atoms with E-state index >= 15 is 0 Å². The quantitative estimate of drug-likeness (QED) is 0.719. The summed E-state index contributed by atoms with van der Waals surface area (Å²) in [5.41, 5.74) is 2.10. The summed E-state index contributed by atoms with van der Waals surface area (Å²) in [7, 11) is 9.28. The summed E-state index contributed by atoms with van der Waals surface area (Å²) >= 11 is 0. The summed E-state index contributed by atoms with van der Waals surface area (Å²) < 4.78 is 33.0. The van der Waals surface area contributed by atoms with Gasteiger partial charge in [-0.25, -0.2) is 0 Å². The van der Waals surface area contributed by atoms with Crippen LogP contribution in [0.3, 0.4) is 0 Å². The molecule has 0 bridgehead atoms. The molecule has 0 N–H and O–H groups in total. The van der Waals surface area contributed by atoms with Crippen LogP contribution in [0.5, 0.6) is 34.5 Å². The Bertz CT molecular complexity index is 904. The summed E-state index contributed by atoms with van der Waals surface area (Å²) in [6.07, 6.45) is 0.272. The van der Waals surface area contributed by atoms with E-state index in [0.717, 1.165) is 11.1 Å². The SMILES string of the molecule is COc1ccc(C2CC(=O)c3cc(OC)c(OC)c(OC)c32)c(OC)c1OC. The number of Topliss-reactive ketones (excluding diaryl/α,β-unsaturated/α-hetero) is 1. The van der Waals surface area contributed by atoms with Gasteiger partial charge in [-0.2, -0.15) is 0 Å². The Balaban J connectivity index is 2.28. The van der Waals surface area contributed by atoms with Crippen molar-refractivity contribution in [2.24, 2.45) is 0 Å². The van der Waals surface area contributed by atoms with Crippen LogP contribution in [0.2, 0.25) is 0 Å². The van der Waals surface area contributed by atoms with Crippen molar-refractivity contribution in [3.8, 4) is 34.5 Å². The first-order valence-corrected chi connectivity index (χ1v) is 8.71. The van der Waals surface area contributed by atoms with Crippen molar-refractivity contribution < 1.29 is 33.2 Å². The zero-order valence-electron chi connectivity index (χ0n) is 16.9. The lowest BCUT2D eigenvalue weighted by molar-refractivity contribution is 0.0991. The van der Waals surface area contributed by atoms with Gasteiger partial charge in [0.25, 0.3) is 0 Å². The molecular weight excluding hydrogens is 364 g/mol. The Hall–Kier alpha value is -3.09. The Kier molecular flexibility index (Phi) is 5.53. The normalized spacial score (nSPS) is 15.1. The Morgan fingerprint density at radius 3 is 1.82 bits per heavy atom. The summed E-state index contributed by atoms with van der Waals surface area (Å²) in [4.78, 5) is 12.8. The summed E-state index contributed by atoms with van der Waals surface area (Å²) in [5.74, 6) is 2.63. The van der Waals surface area contributed by atoms with Gasteiger partial charge in [0.05, 0.1) is 42.7 Å². The maximum absolute atomic E-state index is 12.8. The van der Waals surface area contributed by atoms with Gasteiger partial charge in [0.15, 0.2) is 28.8 Å². The van der Waals surface area contributed by atoms with Gasteiger partial charge in [-0.3, -0.25) is 4.79 Å². The van der Waals surface area contributed by atoms with E-state index < -0.39 is 0 Å². The van der Waals surface area contributed by atoms with Crippen molar-refractivity contribution in [1.82, 2.24) is 0 Å². The predicted molar refractivity (Wildman–Crippen MR) is 103 cm³/mol. The average molecular weight is 388 g/mol. The first kappa shape index (κ1) is 19.7. The summed E-state index contributed by atoms with van der Waals surface area (Å²) in [6.45, 7) is 0. The maximum atomic E-state index is 12.8. The first-order chi connectivity index (χ1) is 13.6. The molecule has 0 saturated heterocycles. The molecule has 0 amide bonds. The number of hydrogen-bond donors (Lipinski definition) is 0. The Morgan fingerprint density at radius 1 is 0.714 bits per heavy atom. The number of hydrogen-bond acceptors (Lipinski definition) is 7. The third-order valence-corrected chi connectivity index (χ3v) is 5.02. The minimum absolute atomic E-state index is 0.00362. The first-order valence-electron chi connectivity index (χ1n) is 8.71. The van der Waals surface area contributed by atoms with Crippen LogP contribution in [-0.2, 0) is 0 Å². The minimum Gasteiger partial charge on any atom is -0.493 e. The highest BCUT2D eigenvalue weighted by Gasteiger charge is 2.39. The van der Waals surface area contributed by atoms with Gasteiger partial charge in [0, 0.05) is 29.0 Å². The lowest BCUT2D eigenvalue weighted by Crippen LogP contribution is -2.06. The van der Waals surface area contributed by atoms with Crippen LogP contribution < -0.4 is 28.4 Å². The second kappa shape index (κ2) is 7.88. The van der Waals surface area contributed by atoms with E-state index in [9.17, 15) is 4.79 Å². The molecule has 0 spiro atoms. The van der Waals surface area contributed by atoms with Crippen molar-refractivity contribution in [2.75, 3.05) is 42.7 Å². The molecule has 28 heavy (non-hydrogen) atoms. The maximum Gasteiger partial charge on any atom is 0.203 e. The van der Waals surface area contributed by atoms with Crippen molar-refractivity contribution in [3.63, 3.8) is 0 Å². The monoisotopic (exact) mass is 388 g/mol. The van der Waals surface area contributed by atoms with Gasteiger partial charge in [-0.15, -0.1) is 0 Å². The fraction of sp³-hybridized carbons (Fsp3) is 0.381. The lowest BCUT2D eigenvalue weighted by Gasteiger charge is -2.22. The molecule has 1 aliphatic rings. The minimum atomic E-state index is -0.285. The third-order valence-electron chi connectivity index (χ3n) is 5.02. The van der Waals surface area contributed by atoms with Crippen LogP contribution in [0.15, 0.2) is 18.2 Å². The molecule has 0 fully saturated rings. The summed E-state index contributed by atoms with van der Waals surface area (Å²) in [6, 6.07) is 5.38. The van der Waals surface area contributed by atoms with Crippen molar-refractivity contribution in [3.05, 3.63) is 34.9 Å². The standard InChI is InChI=1S/C21H24O7/c1-23-15-8-7-11(18(25-3)19(15)26-4)12-9-14(22)13-10-16(24-2)20(27-5)21(28-6)17(12)13/h7-8,10,12H,9H2,1-6H3. The molecule has 1 atom stereocenters. The number of methoxy groups -OCH3 is 6. The van der Waals surface area contributed by atoms with E-state index in [0.29, 0.717) is 40.1 Å². The molecule has 7 nitrogen and oxygen atoms in total. The van der Waals surface area contributed by atoms with Crippen molar-refractivity contribution in [2.45, 2.75) is 12.3 Å². The second-order valence-electron chi connectivity index (χ2n) is 6.21. The highest BCUT2D eigenvalue weighted by Crippen LogP contribution is 2.54. The van der Waals surface area contributed by atoms with Crippen LogP contribution in [0.4, 0.5) is 0 Å². The molecule has 0 radical (unpaired) electrons. The van der Waals surface area contributed by atoms with Gasteiger partial charge in [0.2, 0.25) is 11.5 Å². The fourth-order valence-electron chi connectivity index (χ4n) is 3.82. The Labute approximate surface area is 164 Å². The smallest absolute Gasteiger partial charge is 0.203 e. The third kappa shape index (κ3) is 2.87. The van der Waals surface area contributed by atoms with Crippen molar-refractivity contribution >= 4 is 5.78 Å². The van der Waals surface area contributed by atoms with Crippen LogP contribution in [0.1, 0.15) is 33.8 Å². The molecule has 7 heteroatoms. The van der Waals surface area contributed by atoms with Gasteiger partial charge in [-0.05, 0) is 12.1 Å². The molecule has 1 aliphatic carbocycles. The lowest BCUT2D eigenvalue weighted by atomic mass is 9.90. The van der Waals surface area contributed by atoms with Crippen molar-refractivity contribution in [1.29, 1.82) is 0 Å². The van der Waals surface area contributed by atoms with Gasteiger partial charge < -0.3 is 28.4 Å². The number of ketones is 1. The molecular formula is C21H24O7. The van der Waals surface area contributed by atoms with E-state index in [4.69, 9.17) is 28.4 Å². The van der Waals surface area contributed by atoms with E-state index in [1.165, 1.54) is 14.2 Å². The molecule has 0 heterocycles. The van der Waals surface area contributed by atoms with Crippen LogP contribution >= 0.6 is 0 Å². The molecule has 0 aromatic heterocycles. The molecule has 0 saturated carbocycles. The Morgan fingerprint density at radius 2 is 1.29 bits per heavy atom. The summed E-state index contributed by atoms with van der Waals surface area (Å²) in [5, 5.41) is 0. The van der Waals surface area contributed by atoms with E-state index in [2.05, 4.69) is 0 Å². The van der Waals surface area contributed by atoms with Crippen LogP contribution in [0.25, 0.3) is 0 Å². The van der Waals surface area contributed by atoms with Gasteiger partial charge in [0.1, 0.15) is 0 Å². The second-order valence-corrected chi connectivity index (χ2v) is 6.21. The zero-order valence-corrected chi connectivity index (χ0v) is 16.9. The molecule has 2 aromatic rings. The van der Waals surface area contributed by atoms with Gasteiger partial charge >= 0.3 is 0 Å². The molecule has 2 aromatic carbocycles. The fourth-order valence-corrected chi connectivity index (χ4v) is 3.82. The topological polar surface area (TPSA) is 72.5 Å². The van der Waals surface area contributed by atoms with Crippen LogP contribution in [-0.4, -0.2) is 48.4 Å². The average Bonchev–Trinajstić information content (AvgIpc) is 3.06. The number of ether oxygens (including phenoxy) is 6. The molecule has 0 aliphatic heterocycles. The highest BCUT2D eigenvalue weighted by atomic mass is 16.5. The number of carbonyl (C=O) groups is 1.